The van der Waals surface area contributed by atoms with Crippen LogP contribution in [0.1, 0.15) is 32.4 Å². The topological polar surface area (TPSA) is 35.2 Å². The van der Waals surface area contributed by atoms with E-state index < -0.39 is 14.1 Å². The maximum Gasteiger partial charge on any atom is 0.192 e. The van der Waals surface area contributed by atoms with Crippen molar-refractivity contribution in [2.24, 2.45) is 5.73 Å². The summed E-state index contributed by atoms with van der Waals surface area (Å²) in [6, 6.07) is 5.52. The zero-order valence-corrected chi connectivity index (χ0v) is 14.7. The van der Waals surface area contributed by atoms with Gasteiger partial charge in [-0.25, -0.2) is 4.39 Å². The van der Waals surface area contributed by atoms with Crippen LogP contribution in [-0.4, -0.2) is 14.9 Å². The van der Waals surface area contributed by atoms with Crippen LogP contribution in [-0.2, 0) is 4.43 Å². The fraction of sp³-hybridized carbons (Fsp3) is 0.571. The maximum atomic E-state index is 13.3. The molecule has 20 heavy (non-hydrogen) atoms. The van der Waals surface area contributed by atoms with E-state index in [1.807, 2.05) is 0 Å². The molecule has 0 spiro atoms. The van der Waals surface area contributed by atoms with Crippen LogP contribution in [0.3, 0.4) is 0 Å². The molecule has 0 radical (unpaired) electrons. The molecule has 2 nitrogen and oxygen atoms in total. The summed E-state index contributed by atoms with van der Waals surface area (Å²) in [5.74, 6) is -0.454. The summed E-state index contributed by atoms with van der Waals surface area (Å²) in [6.07, 6.45) is -0.373. The number of hydrogen-bond donors (Lipinski definition) is 1. The summed E-state index contributed by atoms with van der Waals surface area (Å²) in [5.41, 5.74) is 6.44. The van der Waals surface area contributed by atoms with Gasteiger partial charge in [0.25, 0.3) is 0 Å². The second-order valence-electron chi connectivity index (χ2n) is 4.87. The van der Waals surface area contributed by atoms with Crippen molar-refractivity contribution in [3.8, 4) is 0 Å². The maximum absolute atomic E-state index is 13.3. The Hall–Kier alpha value is -0.133. The van der Waals surface area contributed by atoms with Gasteiger partial charge in [-0.2, -0.15) is 0 Å². The highest BCUT2D eigenvalue weighted by atomic mass is 35.5. The van der Waals surface area contributed by atoms with E-state index in [2.05, 4.69) is 20.8 Å². The largest absolute Gasteiger partial charge is 0.409 e. The Morgan fingerprint density at radius 2 is 1.60 bits per heavy atom. The van der Waals surface area contributed by atoms with Gasteiger partial charge in [0.15, 0.2) is 8.32 Å². The summed E-state index contributed by atoms with van der Waals surface area (Å²) in [6.45, 7) is 6.70. The van der Waals surface area contributed by atoms with E-state index in [4.69, 9.17) is 33.4 Å². The summed E-state index contributed by atoms with van der Waals surface area (Å²) >= 11 is 12.2. The predicted molar refractivity (Wildman–Crippen MR) is 86.5 cm³/mol. The average molecular weight is 338 g/mol. The molecule has 0 bridgehead atoms. The Kier molecular flexibility index (Phi) is 6.95. The molecule has 1 aromatic rings. The summed E-state index contributed by atoms with van der Waals surface area (Å²) in [7, 11) is -1.83. The van der Waals surface area contributed by atoms with Gasteiger partial charge in [-0.15, -0.1) is 0 Å². The van der Waals surface area contributed by atoms with Crippen LogP contribution in [0, 0.1) is 5.82 Å². The molecule has 1 rings (SSSR count). The van der Waals surface area contributed by atoms with Gasteiger partial charge in [-0.05, 0) is 30.3 Å². The minimum absolute atomic E-state index is 0.275. The van der Waals surface area contributed by atoms with Gasteiger partial charge >= 0.3 is 0 Å². The lowest BCUT2D eigenvalue weighted by Crippen LogP contribution is -2.39. The molecule has 0 unspecified atom stereocenters. The summed E-state index contributed by atoms with van der Waals surface area (Å²) < 4.78 is 19.6. The van der Waals surface area contributed by atoms with Gasteiger partial charge in [0.2, 0.25) is 0 Å². The predicted octanol–water partition coefficient (Wildman–Crippen LogP) is 5.15. The van der Waals surface area contributed by atoms with Crippen molar-refractivity contribution in [1.82, 2.24) is 0 Å². The molecule has 114 valence electrons. The lowest BCUT2D eigenvalue weighted by molar-refractivity contribution is 0.198. The van der Waals surface area contributed by atoms with Crippen LogP contribution in [0.4, 0.5) is 4.39 Å². The molecular formula is C14H22Cl2FNOSi. The van der Waals surface area contributed by atoms with Crippen molar-refractivity contribution in [3.05, 3.63) is 33.6 Å². The number of halogens is 3. The minimum Gasteiger partial charge on any atom is -0.409 e. The SMILES string of the molecule is CC[Si](CC)(CC)O[C@H](CN)c1c(Cl)cc(F)cc1Cl. The van der Waals surface area contributed by atoms with Crippen LogP contribution >= 0.6 is 23.2 Å². The summed E-state index contributed by atoms with van der Waals surface area (Å²) in [4.78, 5) is 0. The highest BCUT2D eigenvalue weighted by Crippen LogP contribution is 2.36. The Labute approximate surface area is 131 Å². The number of rotatable bonds is 7. The lowest BCUT2D eigenvalue weighted by Gasteiger charge is -2.33. The highest BCUT2D eigenvalue weighted by Gasteiger charge is 2.33. The molecule has 0 heterocycles. The fourth-order valence-corrected chi connectivity index (χ4v) is 5.91. The van der Waals surface area contributed by atoms with Gasteiger partial charge in [0, 0.05) is 12.1 Å². The van der Waals surface area contributed by atoms with Crippen molar-refractivity contribution in [2.45, 2.75) is 45.0 Å². The molecule has 0 aliphatic rings. The van der Waals surface area contributed by atoms with Crippen molar-refractivity contribution >= 4 is 31.5 Å². The quantitative estimate of drug-likeness (QED) is 0.698. The normalized spacial score (nSPS) is 13.6. The second kappa shape index (κ2) is 7.76. The summed E-state index contributed by atoms with van der Waals surface area (Å²) in [5, 5.41) is 0.549. The molecule has 0 amide bonds. The molecule has 1 aromatic carbocycles. The second-order valence-corrected chi connectivity index (χ2v) is 10.4. The number of hydrogen-bond acceptors (Lipinski definition) is 2. The van der Waals surface area contributed by atoms with E-state index >= 15 is 0 Å². The molecule has 2 N–H and O–H groups in total. The van der Waals surface area contributed by atoms with Crippen molar-refractivity contribution < 1.29 is 8.82 Å². The average Bonchev–Trinajstić information content (AvgIpc) is 2.42. The Morgan fingerprint density at radius 1 is 1.15 bits per heavy atom. The van der Waals surface area contributed by atoms with E-state index in [0.717, 1.165) is 18.1 Å². The van der Waals surface area contributed by atoms with E-state index in [-0.39, 0.29) is 22.7 Å². The minimum atomic E-state index is -1.83. The van der Waals surface area contributed by atoms with Crippen molar-refractivity contribution in [1.29, 1.82) is 0 Å². The Bertz CT molecular complexity index is 424. The van der Waals surface area contributed by atoms with Gasteiger partial charge < -0.3 is 10.2 Å². The first-order valence-electron chi connectivity index (χ1n) is 6.95. The third kappa shape index (κ3) is 3.95. The van der Waals surface area contributed by atoms with Gasteiger partial charge in [0.1, 0.15) is 5.82 Å². The molecular weight excluding hydrogens is 316 g/mol. The van der Waals surface area contributed by atoms with Crippen LogP contribution in [0.25, 0.3) is 0 Å². The Balaban J connectivity index is 3.14. The van der Waals surface area contributed by atoms with E-state index in [1.54, 1.807) is 0 Å². The highest BCUT2D eigenvalue weighted by molar-refractivity contribution is 6.73. The van der Waals surface area contributed by atoms with Crippen molar-refractivity contribution in [3.63, 3.8) is 0 Å². The monoisotopic (exact) mass is 337 g/mol. The van der Waals surface area contributed by atoms with E-state index in [0.29, 0.717) is 5.56 Å². The van der Waals surface area contributed by atoms with Crippen LogP contribution in [0.5, 0.6) is 0 Å². The third-order valence-corrected chi connectivity index (χ3v) is 9.18. The standard InChI is InChI=1S/C14H22Cl2FNOSi/c1-4-20(5-2,6-3)19-13(9-18)14-11(15)7-10(17)8-12(14)16/h7-8,13H,4-6,9,18H2,1-3H3/t13-/m1/s1. The molecule has 0 aromatic heterocycles. The Morgan fingerprint density at radius 3 is 1.95 bits per heavy atom. The van der Waals surface area contributed by atoms with E-state index in [9.17, 15) is 4.39 Å². The smallest absolute Gasteiger partial charge is 0.192 e. The number of nitrogens with two attached hydrogens (primary N) is 1. The zero-order chi connectivity index (χ0) is 15.3. The lowest BCUT2D eigenvalue weighted by atomic mass is 10.1. The van der Waals surface area contributed by atoms with Crippen LogP contribution in [0.15, 0.2) is 12.1 Å². The zero-order valence-electron chi connectivity index (χ0n) is 12.2. The van der Waals surface area contributed by atoms with Gasteiger partial charge in [-0.3, -0.25) is 0 Å². The van der Waals surface area contributed by atoms with Gasteiger partial charge in [-0.1, -0.05) is 44.0 Å². The molecule has 0 saturated carbocycles. The number of benzene rings is 1. The first kappa shape index (κ1) is 17.9. The van der Waals surface area contributed by atoms with E-state index in [1.165, 1.54) is 12.1 Å². The molecule has 0 saturated heterocycles. The fourth-order valence-electron chi connectivity index (χ4n) is 2.39. The van der Waals surface area contributed by atoms with Crippen molar-refractivity contribution in [2.75, 3.05) is 6.54 Å². The first-order valence-corrected chi connectivity index (χ1v) is 10.2. The molecule has 0 fully saturated rings. The molecule has 0 aliphatic carbocycles. The third-order valence-electron chi connectivity index (χ3n) is 3.91. The first-order chi connectivity index (χ1) is 9.42. The molecule has 1 atom stereocenters. The molecule has 0 aliphatic heterocycles. The van der Waals surface area contributed by atoms with Crippen LogP contribution < -0.4 is 5.73 Å². The van der Waals surface area contributed by atoms with Gasteiger partial charge in [0.05, 0.1) is 16.1 Å². The molecule has 6 heteroatoms. The van der Waals surface area contributed by atoms with Crippen LogP contribution in [0.2, 0.25) is 28.2 Å².